The molecule has 0 bridgehead atoms. The van der Waals surface area contributed by atoms with E-state index in [-0.39, 0.29) is 5.91 Å². The van der Waals surface area contributed by atoms with Crippen LogP contribution in [0.25, 0.3) is 0 Å². The number of amides is 1. The quantitative estimate of drug-likeness (QED) is 0.562. The predicted octanol–water partition coefficient (Wildman–Crippen LogP) is 4.17. The van der Waals surface area contributed by atoms with Gasteiger partial charge in [-0.25, -0.2) is 0 Å². The molecule has 0 aromatic rings. The van der Waals surface area contributed by atoms with E-state index in [1.807, 2.05) is 0 Å². The molecule has 1 aliphatic heterocycles. The lowest BCUT2D eigenvalue weighted by molar-refractivity contribution is -0.122. The van der Waals surface area contributed by atoms with Gasteiger partial charge in [0.2, 0.25) is 5.91 Å². The number of carbonyl (C=O) groups is 1. The fraction of sp³-hybridized carbons (Fsp3) is 0.944. The van der Waals surface area contributed by atoms with E-state index in [1.54, 1.807) is 0 Å². The van der Waals surface area contributed by atoms with Gasteiger partial charge in [0.25, 0.3) is 0 Å². The fourth-order valence-corrected chi connectivity index (χ4v) is 3.06. The minimum Gasteiger partial charge on any atom is -0.353 e. The first kappa shape index (κ1) is 18.5. The smallest absolute Gasteiger partial charge is 0.220 e. The molecule has 0 aromatic heterocycles. The molecule has 1 unspecified atom stereocenters. The van der Waals surface area contributed by atoms with E-state index in [0.717, 1.165) is 38.8 Å². The molecule has 0 spiro atoms. The van der Waals surface area contributed by atoms with Crippen molar-refractivity contribution in [2.45, 2.75) is 96.4 Å². The van der Waals surface area contributed by atoms with Gasteiger partial charge >= 0.3 is 0 Å². The van der Waals surface area contributed by atoms with Crippen LogP contribution in [0.5, 0.6) is 0 Å². The van der Waals surface area contributed by atoms with Gasteiger partial charge in [-0.2, -0.15) is 0 Å². The molecular weight excluding hydrogens is 260 g/mol. The summed E-state index contributed by atoms with van der Waals surface area (Å²) in [6, 6.07) is 0.408. The third-order valence-corrected chi connectivity index (χ3v) is 4.45. The molecule has 1 heterocycles. The molecule has 1 rings (SSSR count). The third-order valence-electron chi connectivity index (χ3n) is 4.45. The highest BCUT2D eigenvalue weighted by molar-refractivity contribution is 5.76. The topological polar surface area (TPSA) is 41.1 Å². The molecule has 1 amide bonds. The lowest BCUT2D eigenvalue weighted by Crippen LogP contribution is -2.35. The number of nitrogens with one attached hydrogen (secondary N) is 2. The van der Waals surface area contributed by atoms with Crippen molar-refractivity contribution in [3.8, 4) is 0 Å². The number of carbonyl (C=O) groups excluding carboxylic acids is 1. The summed E-state index contributed by atoms with van der Waals surface area (Å²) in [4.78, 5) is 11.9. The van der Waals surface area contributed by atoms with Crippen molar-refractivity contribution in [1.29, 1.82) is 0 Å². The van der Waals surface area contributed by atoms with E-state index in [4.69, 9.17) is 0 Å². The predicted molar refractivity (Wildman–Crippen MR) is 90.5 cm³/mol. The van der Waals surface area contributed by atoms with Crippen LogP contribution in [-0.2, 0) is 4.79 Å². The zero-order chi connectivity index (χ0) is 15.2. The molecule has 1 aliphatic rings. The van der Waals surface area contributed by atoms with Crippen LogP contribution < -0.4 is 10.6 Å². The lowest BCUT2D eigenvalue weighted by Gasteiger charge is -2.15. The maximum atomic E-state index is 11.9. The van der Waals surface area contributed by atoms with Crippen molar-refractivity contribution in [3.63, 3.8) is 0 Å². The van der Waals surface area contributed by atoms with Gasteiger partial charge in [0, 0.05) is 12.5 Å². The first-order valence-corrected chi connectivity index (χ1v) is 9.33. The summed E-state index contributed by atoms with van der Waals surface area (Å²) in [5.74, 6) is 0.268. The van der Waals surface area contributed by atoms with Crippen LogP contribution in [0.15, 0.2) is 0 Å². The summed E-state index contributed by atoms with van der Waals surface area (Å²) < 4.78 is 0. The molecule has 1 atom stereocenters. The fourth-order valence-electron chi connectivity index (χ4n) is 3.06. The Morgan fingerprint density at radius 2 is 1.62 bits per heavy atom. The lowest BCUT2D eigenvalue weighted by atomic mass is 10.1. The molecule has 124 valence electrons. The van der Waals surface area contributed by atoms with E-state index < -0.39 is 0 Å². The molecule has 0 radical (unpaired) electrons. The van der Waals surface area contributed by atoms with Crippen LogP contribution in [0, 0.1) is 0 Å². The normalized spacial score (nSPS) is 19.2. The van der Waals surface area contributed by atoms with Crippen LogP contribution in [0.2, 0.25) is 0 Å². The zero-order valence-corrected chi connectivity index (χ0v) is 14.1. The number of hydrogen-bond donors (Lipinski definition) is 2. The summed E-state index contributed by atoms with van der Waals surface area (Å²) in [5, 5.41) is 6.59. The van der Waals surface area contributed by atoms with Gasteiger partial charge in [-0.15, -0.1) is 0 Å². The molecule has 21 heavy (non-hydrogen) atoms. The van der Waals surface area contributed by atoms with Crippen molar-refractivity contribution < 1.29 is 4.79 Å². The standard InChI is InChI=1S/C18H36N2O/c1-2-3-4-5-6-7-8-9-10-13-18(21)20-17-12-11-15-19-16-14-17/h17,19H,2-16H2,1H3,(H,20,21). The van der Waals surface area contributed by atoms with Crippen molar-refractivity contribution >= 4 is 5.91 Å². The van der Waals surface area contributed by atoms with E-state index >= 15 is 0 Å². The summed E-state index contributed by atoms with van der Waals surface area (Å²) in [5.41, 5.74) is 0. The van der Waals surface area contributed by atoms with Crippen molar-refractivity contribution in [2.75, 3.05) is 13.1 Å². The Kier molecular flexibility index (Phi) is 11.5. The minimum absolute atomic E-state index is 0.268. The van der Waals surface area contributed by atoms with Crippen molar-refractivity contribution in [2.24, 2.45) is 0 Å². The molecule has 0 saturated carbocycles. The number of rotatable bonds is 11. The van der Waals surface area contributed by atoms with Gasteiger partial charge in [-0.05, 0) is 38.8 Å². The molecule has 0 aliphatic carbocycles. The molecular formula is C18H36N2O. The zero-order valence-electron chi connectivity index (χ0n) is 14.1. The second-order valence-electron chi connectivity index (χ2n) is 6.52. The highest BCUT2D eigenvalue weighted by Gasteiger charge is 2.13. The molecule has 1 saturated heterocycles. The van der Waals surface area contributed by atoms with Gasteiger partial charge < -0.3 is 10.6 Å². The summed E-state index contributed by atoms with van der Waals surface area (Å²) in [6.07, 6.45) is 15.9. The van der Waals surface area contributed by atoms with E-state index in [9.17, 15) is 4.79 Å². The monoisotopic (exact) mass is 296 g/mol. The number of unbranched alkanes of at least 4 members (excludes halogenated alkanes) is 8. The van der Waals surface area contributed by atoms with Gasteiger partial charge in [0.05, 0.1) is 0 Å². The van der Waals surface area contributed by atoms with E-state index in [0.29, 0.717) is 6.04 Å². The van der Waals surface area contributed by atoms with Crippen molar-refractivity contribution in [3.05, 3.63) is 0 Å². The summed E-state index contributed by atoms with van der Waals surface area (Å²) >= 11 is 0. The van der Waals surface area contributed by atoms with E-state index in [1.165, 1.54) is 57.8 Å². The second kappa shape index (κ2) is 13.1. The molecule has 2 N–H and O–H groups in total. The third kappa shape index (κ3) is 10.8. The first-order valence-electron chi connectivity index (χ1n) is 9.33. The van der Waals surface area contributed by atoms with Crippen LogP contribution in [0.4, 0.5) is 0 Å². The molecule has 3 heteroatoms. The van der Waals surface area contributed by atoms with Gasteiger partial charge in [0.15, 0.2) is 0 Å². The van der Waals surface area contributed by atoms with Crippen molar-refractivity contribution in [1.82, 2.24) is 10.6 Å². The highest BCUT2D eigenvalue weighted by Crippen LogP contribution is 2.11. The maximum absolute atomic E-state index is 11.9. The Bertz CT molecular complexity index is 248. The van der Waals surface area contributed by atoms with E-state index in [2.05, 4.69) is 17.6 Å². The maximum Gasteiger partial charge on any atom is 0.220 e. The average molecular weight is 296 g/mol. The number of hydrogen-bond acceptors (Lipinski definition) is 2. The molecule has 3 nitrogen and oxygen atoms in total. The summed E-state index contributed by atoms with van der Waals surface area (Å²) in [6.45, 7) is 4.41. The highest BCUT2D eigenvalue weighted by atomic mass is 16.1. The van der Waals surface area contributed by atoms with Gasteiger partial charge in [-0.1, -0.05) is 58.3 Å². The van der Waals surface area contributed by atoms with Gasteiger partial charge in [0.1, 0.15) is 0 Å². The minimum atomic E-state index is 0.268. The Morgan fingerprint density at radius 3 is 2.33 bits per heavy atom. The Morgan fingerprint density at radius 1 is 0.952 bits per heavy atom. The van der Waals surface area contributed by atoms with Crippen LogP contribution in [0.3, 0.4) is 0 Å². The van der Waals surface area contributed by atoms with Crippen LogP contribution in [-0.4, -0.2) is 25.0 Å². The Labute approximate surface area is 131 Å². The average Bonchev–Trinajstić information content (AvgIpc) is 2.74. The Hall–Kier alpha value is -0.570. The first-order chi connectivity index (χ1) is 10.3. The largest absolute Gasteiger partial charge is 0.353 e. The van der Waals surface area contributed by atoms with Crippen LogP contribution in [0.1, 0.15) is 90.4 Å². The Balaban J connectivity index is 1.88. The molecule has 1 fully saturated rings. The van der Waals surface area contributed by atoms with Crippen LogP contribution >= 0.6 is 0 Å². The molecule has 0 aromatic carbocycles. The van der Waals surface area contributed by atoms with Gasteiger partial charge in [-0.3, -0.25) is 4.79 Å². The SMILES string of the molecule is CCCCCCCCCCCC(=O)NC1CCCNCC1. The summed E-state index contributed by atoms with van der Waals surface area (Å²) in [7, 11) is 0. The second-order valence-corrected chi connectivity index (χ2v) is 6.52.